The highest BCUT2D eigenvalue weighted by Crippen LogP contribution is 2.69. The van der Waals surface area contributed by atoms with Crippen LogP contribution >= 0.6 is 0 Å². The third kappa shape index (κ3) is 4.03. The van der Waals surface area contributed by atoms with E-state index in [4.69, 9.17) is 9.47 Å². The average molecular weight is 435 g/mol. The van der Waals surface area contributed by atoms with Crippen molar-refractivity contribution in [1.29, 1.82) is 0 Å². The van der Waals surface area contributed by atoms with Crippen molar-refractivity contribution in [3.05, 3.63) is 0 Å². The van der Waals surface area contributed by atoms with Crippen LogP contribution in [0.1, 0.15) is 105 Å². The molecule has 0 radical (unpaired) electrons. The fourth-order valence-corrected chi connectivity index (χ4v) is 9.18. The zero-order valence-corrected chi connectivity index (χ0v) is 21.1. The summed E-state index contributed by atoms with van der Waals surface area (Å²) in [5.41, 5.74) is 0.565. The van der Waals surface area contributed by atoms with E-state index in [2.05, 4.69) is 34.6 Å². The van der Waals surface area contributed by atoms with Gasteiger partial charge in [0, 0.05) is 18.4 Å². The lowest BCUT2D eigenvalue weighted by Gasteiger charge is -2.61. The largest absolute Gasteiger partial charge is 0.396 e. The fraction of sp³-hybridized carbons (Fsp3) is 1.00. The Morgan fingerprint density at radius 3 is 2.29 bits per heavy atom. The van der Waals surface area contributed by atoms with Gasteiger partial charge < -0.3 is 14.6 Å². The summed E-state index contributed by atoms with van der Waals surface area (Å²) in [6.07, 6.45) is 14.0. The van der Waals surface area contributed by atoms with E-state index < -0.39 is 0 Å². The van der Waals surface area contributed by atoms with E-state index in [9.17, 15) is 5.11 Å². The number of fused-ring (bicyclic) bond motifs is 3. The Kier molecular flexibility index (Phi) is 7.17. The van der Waals surface area contributed by atoms with Gasteiger partial charge in [0.05, 0.1) is 13.2 Å². The Balaban J connectivity index is 1.51. The minimum absolute atomic E-state index is 0.0391. The molecule has 1 spiro atoms. The number of ether oxygens (including phenoxy) is 2. The van der Waals surface area contributed by atoms with Gasteiger partial charge in [0.2, 0.25) is 0 Å². The van der Waals surface area contributed by atoms with Crippen LogP contribution in [-0.4, -0.2) is 30.7 Å². The maximum absolute atomic E-state index is 9.65. The normalized spacial score (nSPS) is 42.7. The number of aliphatic hydroxyl groups excluding tert-OH is 1. The first-order chi connectivity index (χ1) is 14.8. The number of aliphatic hydroxyl groups is 1. The first-order valence-corrected chi connectivity index (χ1v) is 13.7. The Hall–Kier alpha value is -0.120. The zero-order valence-electron chi connectivity index (χ0n) is 21.1. The molecule has 3 aliphatic carbocycles. The van der Waals surface area contributed by atoms with Gasteiger partial charge in [-0.1, -0.05) is 53.9 Å². The van der Waals surface area contributed by atoms with Crippen molar-refractivity contribution in [2.24, 2.45) is 46.3 Å². The van der Waals surface area contributed by atoms with E-state index in [1.165, 1.54) is 51.4 Å². The van der Waals surface area contributed by atoms with Crippen LogP contribution in [0.4, 0.5) is 0 Å². The van der Waals surface area contributed by atoms with Crippen molar-refractivity contribution in [3.63, 3.8) is 0 Å². The lowest BCUT2D eigenvalue weighted by atomic mass is 9.46. The summed E-state index contributed by atoms with van der Waals surface area (Å²) in [6, 6.07) is 0. The highest BCUT2D eigenvalue weighted by atomic mass is 16.7. The predicted octanol–water partition coefficient (Wildman–Crippen LogP) is 6.82. The minimum Gasteiger partial charge on any atom is -0.396 e. The van der Waals surface area contributed by atoms with Crippen molar-refractivity contribution >= 4 is 0 Å². The Bertz CT molecular complexity index is 597. The SMILES string of the molecule is CC(C)CCC[C@@H](C)[C@H]1CC[C@H]2[C@@H]3CCC4(OCCO4)[C@](C)(CCCO)[C@H]3CC[C@]12C. The first-order valence-electron chi connectivity index (χ1n) is 13.7. The van der Waals surface area contributed by atoms with Gasteiger partial charge >= 0.3 is 0 Å². The second kappa shape index (κ2) is 9.26. The lowest BCUT2D eigenvalue weighted by molar-refractivity contribution is -0.292. The molecule has 1 heterocycles. The fourth-order valence-electron chi connectivity index (χ4n) is 9.18. The van der Waals surface area contributed by atoms with Crippen LogP contribution in [0.25, 0.3) is 0 Å². The molecule has 0 aromatic carbocycles. The summed E-state index contributed by atoms with van der Waals surface area (Å²) >= 11 is 0. The van der Waals surface area contributed by atoms with Gasteiger partial charge in [-0.3, -0.25) is 0 Å². The molecule has 4 aliphatic rings. The molecule has 7 atom stereocenters. The van der Waals surface area contributed by atoms with Crippen LogP contribution in [0, 0.1) is 46.3 Å². The summed E-state index contributed by atoms with van der Waals surface area (Å²) in [5, 5.41) is 9.65. The first kappa shape index (κ1) is 24.0. The second-order valence-corrected chi connectivity index (χ2v) is 12.6. The molecular weight excluding hydrogens is 384 g/mol. The maximum atomic E-state index is 9.65. The quantitative estimate of drug-likeness (QED) is 0.455. The number of hydrogen-bond acceptors (Lipinski definition) is 3. The van der Waals surface area contributed by atoms with E-state index in [0.717, 1.165) is 62.1 Å². The zero-order chi connectivity index (χ0) is 22.3. The summed E-state index contributed by atoms with van der Waals surface area (Å²) in [5.74, 6) is 4.58. The standard InChI is InChI=1S/C28H50O3/c1-20(2)8-6-9-21(3)23-10-11-24-22-12-16-28(30-18-19-31-28)27(5,14-7-17-29)25(22)13-15-26(23,24)4/h20-25,29H,6-19H2,1-5H3/t21-,22+,23-,24+,25+,26-,27-/m1/s1. The molecule has 0 unspecified atom stereocenters. The maximum Gasteiger partial charge on any atom is 0.174 e. The summed E-state index contributed by atoms with van der Waals surface area (Å²) in [7, 11) is 0. The molecular formula is C28H50O3. The minimum atomic E-state index is -0.390. The molecule has 31 heavy (non-hydrogen) atoms. The highest BCUT2D eigenvalue weighted by Gasteiger charge is 2.65. The smallest absolute Gasteiger partial charge is 0.174 e. The Morgan fingerprint density at radius 1 is 0.871 bits per heavy atom. The summed E-state index contributed by atoms with van der Waals surface area (Å²) in [4.78, 5) is 0. The van der Waals surface area contributed by atoms with Crippen LogP contribution in [0.15, 0.2) is 0 Å². The molecule has 180 valence electrons. The molecule has 0 aromatic heterocycles. The molecule has 3 heteroatoms. The summed E-state index contributed by atoms with van der Waals surface area (Å²) < 4.78 is 12.8. The topological polar surface area (TPSA) is 38.7 Å². The van der Waals surface area contributed by atoms with E-state index in [1.807, 2.05) is 0 Å². The molecule has 3 saturated carbocycles. The monoisotopic (exact) mass is 434 g/mol. The van der Waals surface area contributed by atoms with Crippen molar-refractivity contribution in [2.75, 3.05) is 19.8 Å². The third-order valence-corrected chi connectivity index (χ3v) is 10.7. The molecule has 1 saturated heterocycles. The van der Waals surface area contributed by atoms with E-state index in [0.29, 0.717) is 11.3 Å². The Labute approximate surface area is 192 Å². The predicted molar refractivity (Wildman–Crippen MR) is 127 cm³/mol. The van der Waals surface area contributed by atoms with Gasteiger partial charge in [0.1, 0.15) is 0 Å². The van der Waals surface area contributed by atoms with E-state index in [-0.39, 0.29) is 17.8 Å². The molecule has 0 aromatic rings. The van der Waals surface area contributed by atoms with Crippen LogP contribution in [0.5, 0.6) is 0 Å². The average Bonchev–Trinajstić information content (AvgIpc) is 3.34. The van der Waals surface area contributed by atoms with Crippen molar-refractivity contribution in [3.8, 4) is 0 Å². The van der Waals surface area contributed by atoms with Crippen molar-refractivity contribution in [2.45, 2.75) is 111 Å². The van der Waals surface area contributed by atoms with Crippen molar-refractivity contribution < 1.29 is 14.6 Å². The van der Waals surface area contributed by atoms with Crippen LogP contribution in [0.2, 0.25) is 0 Å². The van der Waals surface area contributed by atoms with Gasteiger partial charge in [-0.2, -0.15) is 0 Å². The van der Waals surface area contributed by atoms with Crippen LogP contribution in [-0.2, 0) is 9.47 Å². The van der Waals surface area contributed by atoms with Gasteiger partial charge in [-0.05, 0) is 85.9 Å². The molecule has 4 rings (SSSR count). The Morgan fingerprint density at radius 2 is 1.61 bits per heavy atom. The lowest BCUT2D eigenvalue weighted by Crippen LogP contribution is -2.60. The number of hydrogen-bond donors (Lipinski definition) is 1. The van der Waals surface area contributed by atoms with Crippen molar-refractivity contribution in [1.82, 2.24) is 0 Å². The molecule has 0 amide bonds. The van der Waals surface area contributed by atoms with Crippen LogP contribution < -0.4 is 0 Å². The van der Waals surface area contributed by atoms with E-state index in [1.54, 1.807) is 0 Å². The van der Waals surface area contributed by atoms with Gasteiger partial charge in [-0.25, -0.2) is 0 Å². The molecule has 1 N–H and O–H groups in total. The van der Waals surface area contributed by atoms with E-state index >= 15 is 0 Å². The molecule has 1 aliphatic heterocycles. The second-order valence-electron chi connectivity index (χ2n) is 12.6. The summed E-state index contributed by atoms with van der Waals surface area (Å²) in [6.45, 7) is 14.2. The van der Waals surface area contributed by atoms with Crippen LogP contribution in [0.3, 0.4) is 0 Å². The highest BCUT2D eigenvalue weighted by molar-refractivity contribution is 5.11. The van der Waals surface area contributed by atoms with Gasteiger partial charge in [-0.15, -0.1) is 0 Å². The van der Waals surface area contributed by atoms with Gasteiger partial charge in [0.25, 0.3) is 0 Å². The van der Waals surface area contributed by atoms with Gasteiger partial charge in [0.15, 0.2) is 5.79 Å². The molecule has 4 fully saturated rings. The molecule has 0 bridgehead atoms. The molecule has 3 nitrogen and oxygen atoms in total. The number of rotatable bonds is 8. The third-order valence-electron chi connectivity index (χ3n) is 10.7.